The van der Waals surface area contributed by atoms with E-state index in [0.717, 1.165) is 32.1 Å². The van der Waals surface area contributed by atoms with Gasteiger partial charge in [0.1, 0.15) is 0 Å². The molecule has 114 valence electrons. The zero-order valence-corrected chi connectivity index (χ0v) is 13.1. The van der Waals surface area contributed by atoms with Gasteiger partial charge in [0.05, 0.1) is 5.60 Å². The van der Waals surface area contributed by atoms with Crippen molar-refractivity contribution in [3.8, 4) is 0 Å². The molecule has 1 unspecified atom stereocenters. The average molecular weight is 286 g/mol. The monoisotopic (exact) mass is 286 g/mol. The number of hydrogen-bond acceptors (Lipinski definition) is 2. The lowest BCUT2D eigenvalue weighted by atomic mass is 9.90. The Balaban J connectivity index is 1.72. The van der Waals surface area contributed by atoms with E-state index in [1.165, 1.54) is 22.2 Å². The van der Waals surface area contributed by atoms with Gasteiger partial charge in [0, 0.05) is 29.2 Å². The number of aliphatic hydroxyl groups is 1. The van der Waals surface area contributed by atoms with Crippen molar-refractivity contribution < 1.29 is 5.11 Å². The molecule has 0 amide bonds. The molecule has 3 heteroatoms. The Kier molecular flexibility index (Phi) is 4.05. The fourth-order valence-corrected chi connectivity index (χ4v) is 3.38. The van der Waals surface area contributed by atoms with E-state index >= 15 is 0 Å². The lowest BCUT2D eigenvalue weighted by molar-refractivity contribution is 0.0294. The van der Waals surface area contributed by atoms with Crippen molar-refractivity contribution in [2.75, 3.05) is 6.54 Å². The summed E-state index contributed by atoms with van der Waals surface area (Å²) in [6.45, 7) is 4.82. The molecule has 1 aliphatic rings. The van der Waals surface area contributed by atoms with Crippen LogP contribution >= 0.6 is 0 Å². The molecule has 0 aliphatic heterocycles. The van der Waals surface area contributed by atoms with Crippen LogP contribution in [0, 0.1) is 0 Å². The third-order valence-electron chi connectivity index (χ3n) is 5.13. The van der Waals surface area contributed by atoms with Crippen LogP contribution in [0.5, 0.6) is 0 Å². The number of benzene rings is 1. The van der Waals surface area contributed by atoms with E-state index in [1.54, 1.807) is 0 Å². The zero-order chi connectivity index (χ0) is 14.9. The molecule has 0 radical (unpaired) electrons. The summed E-state index contributed by atoms with van der Waals surface area (Å²) in [7, 11) is 0. The fourth-order valence-electron chi connectivity index (χ4n) is 3.38. The minimum absolute atomic E-state index is 0.473. The first kappa shape index (κ1) is 14.6. The molecule has 1 aromatic heterocycles. The Morgan fingerprint density at radius 1 is 1.29 bits per heavy atom. The van der Waals surface area contributed by atoms with Crippen LogP contribution in [-0.4, -0.2) is 28.3 Å². The van der Waals surface area contributed by atoms with Gasteiger partial charge in [-0.25, -0.2) is 0 Å². The van der Waals surface area contributed by atoms with E-state index in [0.29, 0.717) is 12.6 Å². The minimum Gasteiger partial charge on any atom is -0.389 e. The normalized spacial score (nSPS) is 18.9. The molecule has 2 aromatic rings. The van der Waals surface area contributed by atoms with E-state index in [-0.39, 0.29) is 0 Å². The highest BCUT2D eigenvalue weighted by Gasteiger charge is 2.26. The highest BCUT2D eigenvalue weighted by molar-refractivity contribution is 5.84. The van der Waals surface area contributed by atoms with Crippen molar-refractivity contribution in [3.63, 3.8) is 0 Å². The maximum Gasteiger partial charge on any atom is 0.0766 e. The molecule has 1 atom stereocenters. The van der Waals surface area contributed by atoms with Gasteiger partial charge in [-0.15, -0.1) is 0 Å². The maximum absolute atomic E-state index is 10.4. The van der Waals surface area contributed by atoms with Crippen LogP contribution in [0.3, 0.4) is 0 Å². The van der Waals surface area contributed by atoms with Crippen molar-refractivity contribution in [3.05, 3.63) is 35.5 Å². The third kappa shape index (κ3) is 2.85. The summed E-state index contributed by atoms with van der Waals surface area (Å²) in [5.41, 5.74) is 3.56. The van der Waals surface area contributed by atoms with Gasteiger partial charge in [-0.2, -0.15) is 0 Å². The molecule has 21 heavy (non-hydrogen) atoms. The summed E-state index contributed by atoms with van der Waals surface area (Å²) < 4.78 is 0. The molecule has 0 spiro atoms. The standard InChI is InChI=1S/C18H26N2O/c1-3-18(21,4-2)12-19-13-9-10-17-15(11-13)14-7-5-6-8-16(14)20-17/h5-8,13,19-21H,3-4,9-12H2,1-2H3. The van der Waals surface area contributed by atoms with Crippen LogP contribution in [0.4, 0.5) is 0 Å². The van der Waals surface area contributed by atoms with Gasteiger partial charge >= 0.3 is 0 Å². The predicted octanol–water partition coefficient (Wildman–Crippen LogP) is 3.17. The van der Waals surface area contributed by atoms with Crippen LogP contribution in [0.15, 0.2) is 24.3 Å². The van der Waals surface area contributed by atoms with Gasteiger partial charge in [-0.05, 0) is 43.7 Å². The Bertz CT molecular complexity index is 613. The van der Waals surface area contributed by atoms with Gasteiger partial charge in [0.25, 0.3) is 0 Å². The van der Waals surface area contributed by atoms with E-state index in [4.69, 9.17) is 0 Å². The van der Waals surface area contributed by atoms with Crippen molar-refractivity contribution in [2.45, 2.75) is 57.6 Å². The highest BCUT2D eigenvalue weighted by Crippen LogP contribution is 2.29. The van der Waals surface area contributed by atoms with Crippen LogP contribution in [0.25, 0.3) is 10.9 Å². The first-order valence-corrected chi connectivity index (χ1v) is 8.19. The van der Waals surface area contributed by atoms with E-state index in [2.05, 4.69) is 48.4 Å². The quantitative estimate of drug-likeness (QED) is 0.790. The molecule has 0 saturated heterocycles. The molecule has 1 heterocycles. The van der Waals surface area contributed by atoms with Gasteiger partial charge in [-0.3, -0.25) is 0 Å². The third-order valence-corrected chi connectivity index (χ3v) is 5.13. The molecule has 0 saturated carbocycles. The Hall–Kier alpha value is -1.32. The molecular weight excluding hydrogens is 260 g/mol. The molecular formula is C18H26N2O. The topological polar surface area (TPSA) is 48.0 Å². The Morgan fingerprint density at radius 2 is 2.05 bits per heavy atom. The van der Waals surface area contributed by atoms with Crippen molar-refractivity contribution in [2.24, 2.45) is 0 Å². The van der Waals surface area contributed by atoms with Crippen molar-refractivity contribution in [1.29, 1.82) is 0 Å². The molecule has 1 aromatic carbocycles. The van der Waals surface area contributed by atoms with Gasteiger partial charge in [0.2, 0.25) is 0 Å². The van der Waals surface area contributed by atoms with Crippen LogP contribution in [-0.2, 0) is 12.8 Å². The van der Waals surface area contributed by atoms with Crippen LogP contribution in [0.1, 0.15) is 44.4 Å². The van der Waals surface area contributed by atoms with Gasteiger partial charge in [0.15, 0.2) is 0 Å². The van der Waals surface area contributed by atoms with Crippen molar-refractivity contribution >= 4 is 10.9 Å². The summed E-state index contributed by atoms with van der Waals surface area (Å²) in [6.07, 6.45) is 4.91. The fraction of sp³-hybridized carbons (Fsp3) is 0.556. The van der Waals surface area contributed by atoms with Gasteiger partial charge in [-0.1, -0.05) is 32.0 Å². The predicted molar refractivity (Wildman–Crippen MR) is 87.6 cm³/mol. The summed E-state index contributed by atoms with van der Waals surface area (Å²) in [5.74, 6) is 0. The lowest BCUT2D eigenvalue weighted by Gasteiger charge is -2.30. The summed E-state index contributed by atoms with van der Waals surface area (Å²) in [4.78, 5) is 3.55. The molecule has 0 bridgehead atoms. The number of fused-ring (bicyclic) bond motifs is 3. The van der Waals surface area contributed by atoms with Crippen LogP contribution < -0.4 is 5.32 Å². The van der Waals surface area contributed by atoms with E-state index in [1.807, 2.05) is 0 Å². The Morgan fingerprint density at radius 3 is 2.81 bits per heavy atom. The molecule has 3 N–H and O–H groups in total. The van der Waals surface area contributed by atoms with Crippen molar-refractivity contribution in [1.82, 2.24) is 10.3 Å². The number of para-hydroxylation sites is 1. The number of nitrogens with one attached hydrogen (secondary N) is 2. The number of aromatic nitrogens is 1. The lowest BCUT2D eigenvalue weighted by Crippen LogP contribution is -2.45. The van der Waals surface area contributed by atoms with E-state index in [9.17, 15) is 5.11 Å². The largest absolute Gasteiger partial charge is 0.389 e. The SMILES string of the molecule is CCC(O)(CC)CNC1CCc2[nH]c3ccccc3c2C1. The number of rotatable bonds is 5. The second-order valence-corrected chi connectivity index (χ2v) is 6.38. The van der Waals surface area contributed by atoms with Gasteiger partial charge < -0.3 is 15.4 Å². The summed E-state index contributed by atoms with van der Waals surface area (Å²) in [5, 5.41) is 15.4. The second-order valence-electron chi connectivity index (χ2n) is 6.38. The minimum atomic E-state index is -0.555. The molecule has 3 nitrogen and oxygen atoms in total. The highest BCUT2D eigenvalue weighted by atomic mass is 16.3. The summed E-state index contributed by atoms with van der Waals surface area (Å²) >= 11 is 0. The maximum atomic E-state index is 10.4. The molecule has 3 rings (SSSR count). The number of H-pyrrole nitrogens is 1. The smallest absolute Gasteiger partial charge is 0.0766 e. The summed E-state index contributed by atoms with van der Waals surface area (Å²) in [6, 6.07) is 9.04. The number of aryl methyl sites for hydroxylation is 1. The molecule has 1 aliphatic carbocycles. The number of hydrogen-bond donors (Lipinski definition) is 3. The Labute approximate surface area is 126 Å². The van der Waals surface area contributed by atoms with E-state index < -0.39 is 5.60 Å². The average Bonchev–Trinajstić information content (AvgIpc) is 2.90. The first-order valence-electron chi connectivity index (χ1n) is 8.19. The van der Waals surface area contributed by atoms with Crippen LogP contribution in [0.2, 0.25) is 0 Å². The first-order chi connectivity index (χ1) is 10.1. The second kappa shape index (κ2) is 5.82. The zero-order valence-electron chi connectivity index (χ0n) is 13.1. The number of aromatic amines is 1. The molecule has 0 fully saturated rings.